The van der Waals surface area contributed by atoms with Crippen molar-refractivity contribution in [3.8, 4) is 0 Å². The van der Waals surface area contributed by atoms with Crippen molar-refractivity contribution in [2.45, 2.75) is 43.0 Å². The molecule has 1 N–H and O–H groups in total. The maximum absolute atomic E-state index is 11.8. The molecule has 0 aromatic carbocycles. The SMILES string of the molecule is CC1CCC(CCl)(Nc2ncccc2S(C)(=O)=O)CC1. The summed E-state index contributed by atoms with van der Waals surface area (Å²) in [4.78, 5) is 4.44. The van der Waals surface area contributed by atoms with Crippen LogP contribution >= 0.6 is 11.6 Å². The number of anilines is 1. The van der Waals surface area contributed by atoms with Gasteiger partial charge in [0.25, 0.3) is 0 Å². The van der Waals surface area contributed by atoms with E-state index >= 15 is 0 Å². The highest BCUT2D eigenvalue weighted by atomic mass is 35.5. The first-order valence-electron chi connectivity index (χ1n) is 6.85. The number of hydrogen-bond donors (Lipinski definition) is 1. The molecule has 1 aliphatic carbocycles. The Bertz CT molecular complexity index is 566. The number of aromatic nitrogens is 1. The summed E-state index contributed by atoms with van der Waals surface area (Å²) in [5, 5.41) is 3.32. The number of hydrogen-bond acceptors (Lipinski definition) is 4. The summed E-state index contributed by atoms with van der Waals surface area (Å²) in [7, 11) is -3.30. The van der Waals surface area contributed by atoms with Crippen molar-refractivity contribution >= 4 is 27.3 Å². The Morgan fingerprint density at radius 2 is 2.10 bits per heavy atom. The molecule has 0 saturated heterocycles. The summed E-state index contributed by atoms with van der Waals surface area (Å²) < 4.78 is 23.7. The van der Waals surface area contributed by atoms with Gasteiger partial charge in [0.1, 0.15) is 10.7 Å². The summed E-state index contributed by atoms with van der Waals surface area (Å²) in [6.07, 6.45) is 6.88. The van der Waals surface area contributed by atoms with Crippen LogP contribution in [0.25, 0.3) is 0 Å². The number of halogens is 1. The standard InChI is InChI=1S/C14H21ClN2O2S/c1-11-5-7-14(10-15,8-6-11)17-13-12(20(2,18)19)4-3-9-16-13/h3-4,9,11H,5-8,10H2,1-2H3,(H,16,17). The van der Waals surface area contributed by atoms with Crippen molar-refractivity contribution < 1.29 is 8.42 Å². The zero-order valence-corrected chi connectivity index (χ0v) is 13.5. The molecule has 1 aromatic rings. The summed E-state index contributed by atoms with van der Waals surface area (Å²) in [6, 6.07) is 3.22. The second-order valence-corrected chi connectivity index (χ2v) is 8.10. The predicted molar refractivity (Wildman–Crippen MR) is 82.1 cm³/mol. The lowest BCUT2D eigenvalue weighted by Crippen LogP contribution is -2.44. The first-order valence-corrected chi connectivity index (χ1v) is 9.28. The number of nitrogens with one attached hydrogen (secondary N) is 1. The highest BCUT2D eigenvalue weighted by Crippen LogP contribution is 2.36. The third-order valence-electron chi connectivity index (χ3n) is 4.04. The molecule has 112 valence electrons. The fourth-order valence-electron chi connectivity index (χ4n) is 2.64. The van der Waals surface area contributed by atoms with Crippen LogP contribution in [0.15, 0.2) is 23.2 Å². The maximum Gasteiger partial charge on any atom is 0.179 e. The lowest BCUT2D eigenvalue weighted by molar-refractivity contribution is 0.286. The largest absolute Gasteiger partial charge is 0.362 e. The average Bonchev–Trinajstić information content (AvgIpc) is 2.41. The molecular formula is C14H21ClN2O2S. The Hall–Kier alpha value is -0.810. The molecule has 1 aromatic heterocycles. The Labute approximate surface area is 125 Å². The van der Waals surface area contributed by atoms with Crippen LogP contribution in [0.5, 0.6) is 0 Å². The Morgan fingerprint density at radius 1 is 1.45 bits per heavy atom. The topological polar surface area (TPSA) is 59.1 Å². The van der Waals surface area contributed by atoms with Crippen LogP contribution in [0.3, 0.4) is 0 Å². The fraction of sp³-hybridized carbons (Fsp3) is 0.643. The third kappa shape index (κ3) is 3.44. The van der Waals surface area contributed by atoms with Gasteiger partial charge >= 0.3 is 0 Å². The van der Waals surface area contributed by atoms with E-state index in [1.807, 2.05) is 0 Å². The van der Waals surface area contributed by atoms with Crippen molar-refractivity contribution in [3.05, 3.63) is 18.3 Å². The molecule has 4 nitrogen and oxygen atoms in total. The quantitative estimate of drug-likeness (QED) is 0.867. The Morgan fingerprint density at radius 3 is 2.65 bits per heavy atom. The van der Waals surface area contributed by atoms with Gasteiger partial charge in [0.15, 0.2) is 9.84 Å². The maximum atomic E-state index is 11.8. The molecule has 0 spiro atoms. The van der Waals surface area contributed by atoms with Crippen LogP contribution in [0.2, 0.25) is 0 Å². The number of sulfone groups is 1. The second-order valence-electron chi connectivity index (χ2n) is 5.84. The highest BCUT2D eigenvalue weighted by molar-refractivity contribution is 7.90. The van der Waals surface area contributed by atoms with Gasteiger partial charge < -0.3 is 5.32 Å². The van der Waals surface area contributed by atoms with E-state index < -0.39 is 9.84 Å². The first kappa shape index (κ1) is 15.6. The second kappa shape index (κ2) is 5.90. The van der Waals surface area contributed by atoms with Gasteiger partial charge in [-0.3, -0.25) is 0 Å². The summed E-state index contributed by atoms with van der Waals surface area (Å²) in [6.45, 7) is 2.24. The van der Waals surface area contributed by atoms with Gasteiger partial charge in [0.05, 0.1) is 5.54 Å². The van der Waals surface area contributed by atoms with E-state index in [4.69, 9.17) is 11.6 Å². The molecule has 20 heavy (non-hydrogen) atoms. The summed E-state index contributed by atoms with van der Waals surface area (Å²) in [5.41, 5.74) is -0.248. The number of pyridine rings is 1. The number of rotatable bonds is 4. The molecule has 0 unspecified atom stereocenters. The normalized spacial score (nSPS) is 27.2. The van der Waals surface area contributed by atoms with Crippen LogP contribution in [-0.2, 0) is 9.84 Å². The monoisotopic (exact) mass is 316 g/mol. The van der Waals surface area contributed by atoms with Gasteiger partial charge in [-0.05, 0) is 43.7 Å². The molecular weight excluding hydrogens is 296 g/mol. The van der Waals surface area contributed by atoms with Gasteiger partial charge in [-0.15, -0.1) is 11.6 Å². The minimum absolute atomic E-state index is 0.239. The summed E-state index contributed by atoms with van der Waals surface area (Å²) >= 11 is 6.16. The van der Waals surface area contributed by atoms with Crippen molar-refractivity contribution in [1.29, 1.82) is 0 Å². The Balaban J connectivity index is 2.29. The van der Waals surface area contributed by atoms with E-state index in [1.54, 1.807) is 18.3 Å². The van der Waals surface area contributed by atoms with E-state index in [1.165, 1.54) is 6.26 Å². The molecule has 0 atom stereocenters. The smallest absolute Gasteiger partial charge is 0.179 e. The van der Waals surface area contributed by atoms with Gasteiger partial charge in [-0.25, -0.2) is 13.4 Å². The van der Waals surface area contributed by atoms with Crippen molar-refractivity contribution in [3.63, 3.8) is 0 Å². The van der Waals surface area contributed by atoms with Crippen molar-refractivity contribution in [2.24, 2.45) is 5.92 Å². The average molecular weight is 317 g/mol. The highest BCUT2D eigenvalue weighted by Gasteiger charge is 2.34. The molecule has 0 radical (unpaired) electrons. The minimum Gasteiger partial charge on any atom is -0.362 e. The lowest BCUT2D eigenvalue weighted by atomic mass is 9.78. The van der Waals surface area contributed by atoms with Crippen molar-refractivity contribution in [1.82, 2.24) is 4.98 Å². The fourth-order valence-corrected chi connectivity index (χ4v) is 3.76. The van der Waals surface area contributed by atoms with Gasteiger partial charge in [-0.2, -0.15) is 0 Å². The molecule has 1 fully saturated rings. The van der Waals surface area contributed by atoms with Crippen LogP contribution in [0.1, 0.15) is 32.6 Å². The molecule has 0 bridgehead atoms. The zero-order valence-electron chi connectivity index (χ0n) is 11.9. The van der Waals surface area contributed by atoms with E-state index in [2.05, 4.69) is 17.2 Å². The van der Waals surface area contributed by atoms with Crippen molar-refractivity contribution in [2.75, 3.05) is 17.5 Å². The molecule has 1 aliphatic rings. The number of nitrogens with zero attached hydrogens (tertiary/aromatic N) is 1. The minimum atomic E-state index is -3.30. The number of alkyl halides is 1. The van der Waals surface area contributed by atoms with E-state index in [9.17, 15) is 8.42 Å². The third-order valence-corrected chi connectivity index (χ3v) is 5.68. The molecule has 2 rings (SSSR count). The van der Waals surface area contributed by atoms with E-state index in [0.29, 0.717) is 17.6 Å². The van der Waals surface area contributed by atoms with Gasteiger partial charge in [0.2, 0.25) is 0 Å². The lowest BCUT2D eigenvalue weighted by Gasteiger charge is -2.39. The van der Waals surface area contributed by atoms with Crippen LogP contribution < -0.4 is 5.32 Å². The molecule has 6 heteroatoms. The van der Waals surface area contributed by atoms with E-state index in [0.717, 1.165) is 25.7 Å². The Kier molecular flexibility index (Phi) is 4.59. The van der Waals surface area contributed by atoms with Crippen LogP contribution in [-0.4, -0.2) is 31.1 Å². The summed E-state index contributed by atoms with van der Waals surface area (Å²) in [5.74, 6) is 1.58. The molecule has 1 heterocycles. The molecule has 1 saturated carbocycles. The zero-order chi connectivity index (χ0) is 14.8. The van der Waals surface area contributed by atoms with Crippen LogP contribution in [0.4, 0.5) is 5.82 Å². The van der Waals surface area contributed by atoms with E-state index in [-0.39, 0.29) is 10.4 Å². The molecule has 0 amide bonds. The first-order chi connectivity index (χ1) is 9.36. The predicted octanol–water partition coefficient (Wildman–Crippen LogP) is 3.08. The van der Waals surface area contributed by atoms with Gasteiger partial charge in [0, 0.05) is 18.3 Å². The molecule has 0 aliphatic heterocycles. The van der Waals surface area contributed by atoms with Gasteiger partial charge in [-0.1, -0.05) is 6.92 Å². The van der Waals surface area contributed by atoms with Crippen LogP contribution in [0, 0.1) is 5.92 Å².